The molecule has 3 unspecified atom stereocenters. The van der Waals surface area contributed by atoms with Crippen molar-refractivity contribution in [2.24, 2.45) is 17.6 Å². The first-order valence-corrected chi connectivity index (χ1v) is 7.85. The zero-order valence-corrected chi connectivity index (χ0v) is 12.1. The van der Waals surface area contributed by atoms with Crippen LogP contribution in [-0.4, -0.2) is 31.2 Å². The van der Waals surface area contributed by atoms with Crippen molar-refractivity contribution in [1.29, 1.82) is 0 Å². The monoisotopic (exact) mass is 268 g/mol. The molecule has 1 aliphatic carbocycles. The fourth-order valence-electron chi connectivity index (χ4n) is 3.06. The van der Waals surface area contributed by atoms with Crippen LogP contribution in [-0.2, 0) is 9.53 Å². The molecule has 110 valence electrons. The molecule has 1 saturated heterocycles. The average Bonchev–Trinajstić information content (AvgIpc) is 3.15. The second kappa shape index (κ2) is 7.25. The minimum Gasteiger partial charge on any atom is -0.376 e. The lowest BCUT2D eigenvalue weighted by Gasteiger charge is -2.20. The Balaban J connectivity index is 1.68. The molecular formula is C15H28N2O2. The molecule has 4 heteroatoms. The molecule has 1 heterocycles. The lowest BCUT2D eigenvalue weighted by Crippen LogP contribution is -2.41. The molecule has 1 saturated carbocycles. The second-order valence-electron chi connectivity index (χ2n) is 6.03. The van der Waals surface area contributed by atoms with Crippen LogP contribution in [0.3, 0.4) is 0 Å². The first kappa shape index (κ1) is 14.8. The van der Waals surface area contributed by atoms with Gasteiger partial charge in [0.15, 0.2) is 0 Å². The Morgan fingerprint density at radius 2 is 2.16 bits per heavy atom. The number of rotatable bonds is 8. The fourth-order valence-corrected chi connectivity index (χ4v) is 3.06. The van der Waals surface area contributed by atoms with Gasteiger partial charge >= 0.3 is 0 Å². The Kier molecular flexibility index (Phi) is 5.64. The molecule has 4 nitrogen and oxygen atoms in total. The van der Waals surface area contributed by atoms with E-state index >= 15 is 0 Å². The Hall–Kier alpha value is -0.610. The molecule has 0 aromatic carbocycles. The second-order valence-corrected chi connectivity index (χ2v) is 6.03. The van der Waals surface area contributed by atoms with E-state index in [2.05, 4.69) is 12.2 Å². The summed E-state index contributed by atoms with van der Waals surface area (Å²) >= 11 is 0. The summed E-state index contributed by atoms with van der Waals surface area (Å²) in [5, 5.41) is 3.18. The number of nitrogens with one attached hydrogen (secondary N) is 1. The number of hydrogen-bond donors (Lipinski definition) is 2. The zero-order chi connectivity index (χ0) is 13.7. The van der Waals surface area contributed by atoms with Crippen LogP contribution in [0.5, 0.6) is 0 Å². The molecule has 19 heavy (non-hydrogen) atoms. The van der Waals surface area contributed by atoms with Gasteiger partial charge in [0.2, 0.25) is 5.91 Å². The van der Waals surface area contributed by atoms with Crippen molar-refractivity contribution < 1.29 is 9.53 Å². The number of carbonyl (C=O) groups is 1. The van der Waals surface area contributed by atoms with Gasteiger partial charge in [-0.25, -0.2) is 0 Å². The molecule has 2 aliphatic rings. The molecule has 1 amide bonds. The Morgan fingerprint density at radius 1 is 1.37 bits per heavy atom. The van der Waals surface area contributed by atoms with E-state index in [1.807, 2.05) is 0 Å². The molecule has 3 atom stereocenters. The van der Waals surface area contributed by atoms with Crippen molar-refractivity contribution in [1.82, 2.24) is 5.32 Å². The highest BCUT2D eigenvalue weighted by Crippen LogP contribution is 2.38. The van der Waals surface area contributed by atoms with Crippen molar-refractivity contribution in [2.45, 2.75) is 64.0 Å². The summed E-state index contributed by atoms with van der Waals surface area (Å²) in [4.78, 5) is 12.0. The van der Waals surface area contributed by atoms with Gasteiger partial charge in [-0.2, -0.15) is 0 Å². The number of ether oxygens (including phenoxy) is 1. The normalized spacial score (nSPS) is 28.3. The van der Waals surface area contributed by atoms with Crippen molar-refractivity contribution in [3.63, 3.8) is 0 Å². The number of hydrogen-bond acceptors (Lipinski definition) is 3. The topological polar surface area (TPSA) is 64.4 Å². The highest BCUT2D eigenvalue weighted by Gasteiger charge is 2.41. The van der Waals surface area contributed by atoms with E-state index in [1.165, 1.54) is 12.8 Å². The maximum atomic E-state index is 12.0. The first-order chi connectivity index (χ1) is 9.24. The highest BCUT2D eigenvalue weighted by molar-refractivity contribution is 5.76. The van der Waals surface area contributed by atoms with Crippen LogP contribution in [0.2, 0.25) is 0 Å². The number of amides is 1. The van der Waals surface area contributed by atoms with Crippen LogP contribution < -0.4 is 11.1 Å². The molecule has 2 rings (SSSR count). The van der Waals surface area contributed by atoms with E-state index in [-0.39, 0.29) is 18.1 Å². The third kappa shape index (κ3) is 4.46. The van der Waals surface area contributed by atoms with Gasteiger partial charge in [-0.05, 0) is 50.5 Å². The molecule has 0 spiro atoms. The lowest BCUT2D eigenvalue weighted by molar-refractivity contribution is -0.122. The van der Waals surface area contributed by atoms with Gasteiger partial charge in [0.1, 0.15) is 0 Å². The van der Waals surface area contributed by atoms with E-state index in [1.54, 1.807) is 0 Å². The molecule has 0 aromatic rings. The summed E-state index contributed by atoms with van der Waals surface area (Å²) in [5.41, 5.74) is 5.58. The predicted molar refractivity (Wildman–Crippen MR) is 75.7 cm³/mol. The van der Waals surface area contributed by atoms with Gasteiger partial charge < -0.3 is 15.8 Å². The van der Waals surface area contributed by atoms with Crippen LogP contribution in [0, 0.1) is 11.8 Å². The van der Waals surface area contributed by atoms with Crippen molar-refractivity contribution in [3.8, 4) is 0 Å². The highest BCUT2D eigenvalue weighted by atomic mass is 16.5. The van der Waals surface area contributed by atoms with E-state index < -0.39 is 0 Å². The standard InChI is InChI=1S/C15H28N2O2/c1-2-11(7-9-16)3-6-14(18)17-13-8-10-19-15(13)12-4-5-12/h11-13,15H,2-10,16H2,1H3,(H,17,18). The van der Waals surface area contributed by atoms with Gasteiger partial charge in [-0.1, -0.05) is 13.3 Å². The lowest BCUT2D eigenvalue weighted by atomic mass is 9.96. The third-order valence-corrected chi connectivity index (χ3v) is 4.50. The minimum atomic E-state index is 0.191. The fraction of sp³-hybridized carbons (Fsp3) is 0.933. The van der Waals surface area contributed by atoms with Crippen molar-refractivity contribution in [2.75, 3.05) is 13.2 Å². The van der Waals surface area contributed by atoms with Gasteiger partial charge in [0, 0.05) is 13.0 Å². The third-order valence-electron chi connectivity index (χ3n) is 4.50. The molecule has 1 aliphatic heterocycles. The van der Waals surface area contributed by atoms with Crippen molar-refractivity contribution in [3.05, 3.63) is 0 Å². The molecule has 0 radical (unpaired) electrons. The summed E-state index contributed by atoms with van der Waals surface area (Å²) in [6.07, 6.45) is 7.54. The van der Waals surface area contributed by atoms with Gasteiger partial charge in [0.25, 0.3) is 0 Å². The van der Waals surface area contributed by atoms with Gasteiger partial charge in [-0.15, -0.1) is 0 Å². The summed E-state index contributed by atoms with van der Waals surface area (Å²) in [6, 6.07) is 0.259. The Morgan fingerprint density at radius 3 is 2.79 bits per heavy atom. The summed E-state index contributed by atoms with van der Waals surface area (Å²) in [6.45, 7) is 3.70. The van der Waals surface area contributed by atoms with Crippen LogP contribution in [0.25, 0.3) is 0 Å². The maximum Gasteiger partial charge on any atom is 0.220 e. The quantitative estimate of drug-likeness (QED) is 0.706. The van der Waals surface area contributed by atoms with Crippen LogP contribution in [0.1, 0.15) is 51.9 Å². The average molecular weight is 268 g/mol. The van der Waals surface area contributed by atoms with E-state index in [0.717, 1.165) is 38.8 Å². The predicted octanol–water partition coefficient (Wildman–Crippen LogP) is 1.83. The number of nitrogens with two attached hydrogens (primary N) is 1. The van der Waals surface area contributed by atoms with Crippen molar-refractivity contribution >= 4 is 5.91 Å². The van der Waals surface area contributed by atoms with E-state index in [4.69, 9.17) is 10.5 Å². The van der Waals surface area contributed by atoms with Gasteiger partial charge in [-0.3, -0.25) is 4.79 Å². The molecule has 0 bridgehead atoms. The van der Waals surface area contributed by atoms with Gasteiger partial charge in [0.05, 0.1) is 12.1 Å². The van der Waals surface area contributed by atoms with E-state index in [0.29, 0.717) is 18.3 Å². The molecule has 2 fully saturated rings. The smallest absolute Gasteiger partial charge is 0.220 e. The van der Waals surface area contributed by atoms with Crippen LogP contribution in [0.15, 0.2) is 0 Å². The molecular weight excluding hydrogens is 240 g/mol. The minimum absolute atomic E-state index is 0.191. The SMILES string of the molecule is CCC(CCN)CCC(=O)NC1CCOC1C1CC1. The molecule has 0 aromatic heterocycles. The summed E-state index contributed by atoms with van der Waals surface area (Å²) < 4.78 is 5.74. The Labute approximate surface area is 116 Å². The Bertz CT molecular complexity index is 292. The molecule has 3 N–H and O–H groups in total. The van der Waals surface area contributed by atoms with Crippen LogP contribution >= 0.6 is 0 Å². The van der Waals surface area contributed by atoms with E-state index in [9.17, 15) is 4.79 Å². The van der Waals surface area contributed by atoms with Crippen LogP contribution in [0.4, 0.5) is 0 Å². The summed E-state index contributed by atoms with van der Waals surface area (Å²) in [5.74, 6) is 1.49. The summed E-state index contributed by atoms with van der Waals surface area (Å²) in [7, 11) is 0. The number of carbonyl (C=O) groups excluding carboxylic acids is 1. The largest absolute Gasteiger partial charge is 0.376 e. The zero-order valence-electron chi connectivity index (χ0n) is 12.1. The maximum absolute atomic E-state index is 12.0. The first-order valence-electron chi connectivity index (χ1n) is 7.85.